The standard InChI is InChI=1S/C55H44N2/c1-2-3-5-15-41-16-12-23-51(40-41)57(55-27-14-22-47-20-9-11-25-53(47)55)50-38-32-45(33-39-50)44-30-36-49(37-31-44)56(54-26-13-21-46-19-8-10-24-52(46)54)48-34-28-43(29-35-48)42-17-6-4-7-18-42/h2,4,6-14,16-40H,1,3,5,15H2. The lowest BCUT2D eigenvalue weighted by molar-refractivity contribution is 0.844. The summed E-state index contributed by atoms with van der Waals surface area (Å²) in [5, 5.41) is 4.88. The Morgan fingerprint density at radius 2 is 0.789 bits per heavy atom. The average Bonchev–Trinajstić information content (AvgIpc) is 3.28. The number of nitrogens with zero attached hydrogens (tertiary/aromatic N) is 2. The smallest absolute Gasteiger partial charge is 0.0540 e. The van der Waals surface area contributed by atoms with Crippen molar-refractivity contribution in [2.75, 3.05) is 9.80 Å². The van der Waals surface area contributed by atoms with Crippen LogP contribution in [0.15, 0.2) is 225 Å². The number of anilines is 6. The van der Waals surface area contributed by atoms with E-state index >= 15 is 0 Å². The molecule has 0 aromatic heterocycles. The van der Waals surface area contributed by atoms with Crippen LogP contribution in [0.4, 0.5) is 34.1 Å². The summed E-state index contributed by atoms with van der Waals surface area (Å²) in [5.41, 5.74) is 12.9. The maximum Gasteiger partial charge on any atom is 0.0540 e. The largest absolute Gasteiger partial charge is 0.310 e. The van der Waals surface area contributed by atoms with E-state index < -0.39 is 0 Å². The maximum atomic E-state index is 3.92. The molecular weight excluding hydrogens is 689 g/mol. The molecule has 0 aliphatic heterocycles. The number of allylic oxidation sites excluding steroid dienone is 1. The Labute approximate surface area is 336 Å². The second-order valence-corrected chi connectivity index (χ2v) is 14.5. The zero-order chi connectivity index (χ0) is 38.4. The van der Waals surface area contributed by atoms with Crippen molar-refractivity contribution in [3.05, 3.63) is 231 Å². The summed E-state index contributed by atoms with van der Waals surface area (Å²) < 4.78 is 0. The Morgan fingerprint density at radius 3 is 1.30 bits per heavy atom. The Bertz CT molecular complexity index is 2760. The fraction of sp³-hybridized carbons (Fsp3) is 0.0545. The monoisotopic (exact) mass is 732 g/mol. The van der Waals surface area contributed by atoms with E-state index in [1.165, 1.54) is 55.0 Å². The molecule has 0 spiro atoms. The number of hydrogen-bond acceptors (Lipinski definition) is 2. The van der Waals surface area contributed by atoms with Gasteiger partial charge in [-0.3, -0.25) is 0 Å². The van der Waals surface area contributed by atoms with Gasteiger partial charge in [0, 0.05) is 33.5 Å². The first-order valence-corrected chi connectivity index (χ1v) is 19.9. The molecule has 0 saturated carbocycles. The highest BCUT2D eigenvalue weighted by molar-refractivity contribution is 6.00. The normalized spacial score (nSPS) is 11.1. The van der Waals surface area contributed by atoms with Crippen LogP contribution in [0.25, 0.3) is 43.8 Å². The molecule has 0 N–H and O–H groups in total. The minimum absolute atomic E-state index is 1.02. The van der Waals surface area contributed by atoms with Gasteiger partial charge in [0.15, 0.2) is 0 Å². The van der Waals surface area contributed by atoms with Gasteiger partial charge in [-0.25, -0.2) is 0 Å². The summed E-state index contributed by atoms with van der Waals surface area (Å²) in [7, 11) is 0. The SMILES string of the molecule is C=CCCCc1cccc(N(c2ccc(-c3ccc(N(c4ccc(-c5ccccc5)cc4)c4cccc5ccccc45)cc3)cc2)c2cccc3ccccc23)c1. The molecule has 0 atom stereocenters. The van der Waals surface area contributed by atoms with Crippen molar-refractivity contribution in [2.45, 2.75) is 19.3 Å². The van der Waals surface area contributed by atoms with E-state index in [9.17, 15) is 0 Å². The summed E-state index contributed by atoms with van der Waals surface area (Å²) in [6.45, 7) is 3.92. The lowest BCUT2D eigenvalue weighted by atomic mass is 10.0. The van der Waals surface area contributed by atoms with E-state index in [4.69, 9.17) is 0 Å². The lowest BCUT2D eigenvalue weighted by Gasteiger charge is -2.28. The van der Waals surface area contributed by atoms with Gasteiger partial charge in [0.1, 0.15) is 0 Å². The van der Waals surface area contributed by atoms with Crippen molar-refractivity contribution in [3.8, 4) is 22.3 Å². The van der Waals surface area contributed by atoms with Crippen LogP contribution in [0.1, 0.15) is 18.4 Å². The van der Waals surface area contributed by atoms with E-state index in [2.05, 4.69) is 229 Å². The van der Waals surface area contributed by atoms with Gasteiger partial charge < -0.3 is 9.80 Å². The van der Waals surface area contributed by atoms with E-state index in [0.717, 1.165) is 47.7 Å². The highest BCUT2D eigenvalue weighted by Crippen LogP contribution is 2.42. The molecule has 0 bridgehead atoms. The molecule has 0 unspecified atom stereocenters. The minimum atomic E-state index is 1.02. The number of hydrogen-bond donors (Lipinski definition) is 0. The summed E-state index contributed by atoms with van der Waals surface area (Å²) in [5.74, 6) is 0. The van der Waals surface area contributed by atoms with Crippen LogP contribution in [0.5, 0.6) is 0 Å². The second kappa shape index (κ2) is 16.3. The van der Waals surface area contributed by atoms with Gasteiger partial charge in [0.25, 0.3) is 0 Å². The predicted molar refractivity (Wildman–Crippen MR) is 245 cm³/mol. The first-order chi connectivity index (χ1) is 28.2. The van der Waals surface area contributed by atoms with Crippen molar-refractivity contribution in [1.29, 1.82) is 0 Å². The fourth-order valence-corrected chi connectivity index (χ4v) is 8.00. The summed E-state index contributed by atoms with van der Waals surface area (Å²) in [6, 6.07) is 76.9. The van der Waals surface area contributed by atoms with Crippen molar-refractivity contribution in [3.63, 3.8) is 0 Å². The van der Waals surface area contributed by atoms with Crippen molar-refractivity contribution >= 4 is 55.7 Å². The molecule has 0 aliphatic rings. The van der Waals surface area contributed by atoms with E-state index in [0.29, 0.717) is 0 Å². The number of unbranched alkanes of at least 4 members (excludes halogenated alkanes) is 1. The lowest BCUT2D eigenvalue weighted by Crippen LogP contribution is -2.11. The van der Waals surface area contributed by atoms with Gasteiger partial charge in [0.2, 0.25) is 0 Å². The van der Waals surface area contributed by atoms with Gasteiger partial charge in [0.05, 0.1) is 11.4 Å². The van der Waals surface area contributed by atoms with Crippen LogP contribution in [0, 0.1) is 0 Å². The molecule has 2 heteroatoms. The van der Waals surface area contributed by atoms with Crippen molar-refractivity contribution in [1.82, 2.24) is 0 Å². The number of fused-ring (bicyclic) bond motifs is 2. The molecule has 57 heavy (non-hydrogen) atoms. The van der Waals surface area contributed by atoms with Crippen LogP contribution in [0.3, 0.4) is 0 Å². The maximum absolute atomic E-state index is 3.92. The first kappa shape index (κ1) is 35.5. The number of rotatable bonds is 12. The molecule has 0 amide bonds. The summed E-state index contributed by atoms with van der Waals surface area (Å²) in [4.78, 5) is 4.77. The third-order valence-electron chi connectivity index (χ3n) is 10.9. The van der Waals surface area contributed by atoms with Crippen molar-refractivity contribution < 1.29 is 0 Å². The Morgan fingerprint density at radius 1 is 0.368 bits per heavy atom. The van der Waals surface area contributed by atoms with Crippen LogP contribution in [-0.2, 0) is 6.42 Å². The molecule has 9 rings (SSSR count). The molecule has 2 nitrogen and oxygen atoms in total. The Hall–Kier alpha value is -7.16. The van der Waals surface area contributed by atoms with Crippen LogP contribution in [-0.4, -0.2) is 0 Å². The van der Waals surface area contributed by atoms with Gasteiger partial charge in [-0.1, -0.05) is 158 Å². The Balaban J connectivity index is 1.07. The van der Waals surface area contributed by atoms with E-state index in [-0.39, 0.29) is 0 Å². The molecule has 0 aliphatic carbocycles. The minimum Gasteiger partial charge on any atom is -0.310 e. The van der Waals surface area contributed by atoms with Crippen LogP contribution < -0.4 is 9.80 Å². The van der Waals surface area contributed by atoms with Gasteiger partial charge in [-0.05, 0) is 119 Å². The summed E-state index contributed by atoms with van der Waals surface area (Å²) >= 11 is 0. The van der Waals surface area contributed by atoms with Gasteiger partial charge >= 0.3 is 0 Å². The third-order valence-corrected chi connectivity index (χ3v) is 10.9. The van der Waals surface area contributed by atoms with E-state index in [1.807, 2.05) is 6.08 Å². The molecule has 0 radical (unpaired) electrons. The number of aryl methyl sites for hydroxylation is 1. The first-order valence-electron chi connectivity index (χ1n) is 19.9. The topological polar surface area (TPSA) is 6.48 Å². The fourth-order valence-electron chi connectivity index (χ4n) is 8.00. The molecule has 9 aromatic rings. The van der Waals surface area contributed by atoms with Crippen LogP contribution in [0.2, 0.25) is 0 Å². The average molecular weight is 733 g/mol. The highest BCUT2D eigenvalue weighted by Gasteiger charge is 2.18. The molecule has 274 valence electrons. The van der Waals surface area contributed by atoms with Gasteiger partial charge in [-0.15, -0.1) is 6.58 Å². The molecule has 0 heterocycles. The van der Waals surface area contributed by atoms with Gasteiger partial charge in [-0.2, -0.15) is 0 Å². The summed E-state index contributed by atoms with van der Waals surface area (Å²) in [6.07, 6.45) is 5.14. The molecule has 0 saturated heterocycles. The third kappa shape index (κ3) is 7.46. The molecule has 0 fully saturated rings. The predicted octanol–water partition coefficient (Wildman–Crippen LogP) is 15.8. The van der Waals surface area contributed by atoms with E-state index in [1.54, 1.807) is 0 Å². The quantitative estimate of drug-likeness (QED) is 0.0911. The number of benzene rings is 9. The Kier molecular flexibility index (Phi) is 10.2. The zero-order valence-electron chi connectivity index (χ0n) is 32.0. The van der Waals surface area contributed by atoms with Crippen molar-refractivity contribution in [2.24, 2.45) is 0 Å². The molecular formula is C55H44N2. The second-order valence-electron chi connectivity index (χ2n) is 14.5. The molecule has 9 aromatic carbocycles. The highest BCUT2D eigenvalue weighted by atomic mass is 15.1. The van der Waals surface area contributed by atoms with Crippen LogP contribution >= 0.6 is 0 Å². The zero-order valence-corrected chi connectivity index (χ0v) is 32.0.